The Morgan fingerprint density at radius 2 is 2.20 bits per heavy atom. The Labute approximate surface area is 87.3 Å². The minimum Gasteiger partial charge on any atom is -0.444 e. The van der Waals surface area contributed by atoms with Crippen LogP contribution < -0.4 is 0 Å². The first-order valence-electron chi connectivity index (χ1n) is 4.28. The van der Waals surface area contributed by atoms with E-state index in [1.54, 1.807) is 18.2 Å². The molecule has 0 N–H and O–H groups in total. The van der Waals surface area contributed by atoms with E-state index in [9.17, 15) is 4.79 Å². The maximum Gasteiger partial charge on any atom is 0.339 e. The average Bonchev–Trinajstić information content (AvgIpc) is 2.28. The summed E-state index contributed by atoms with van der Waals surface area (Å²) in [5, 5.41) is 17.1. The molecule has 0 amide bonds. The Morgan fingerprint density at radius 3 is 2.80 bits per heavy atom. The van der Waals surface area contributed by atoms with Crippen LogP contribution >= 0.6 is 0 Å². The summed E-state index contributed by atoms with van der Waals surface area (Å²) in [7, 11) is 0. The molecule has 0 bridgehead atoms. The van der Waals surface area contributed by atoms with Crippen molar-refractivity contribution in [3.05, 3.63) is 35.4 Å². The molecule has 0 fully saturated rings. The van der Waals surface area contributed by atoms with Gasteiger partial charge in [0.25, 0.3) is 0 Å². The fourth-order valence-electron chi connectivity index (χ4n) is 0.971. The molecule has 4 nitrogen and oxygen atoms in total. The molecule has 0 saturated heterocycles. The highest BCUT2D eigenvalue weighted by Gasteiger charge is 2.11. The lowest BCUT2D eigenvalue weighted by Crippen LogP contribution is -2.13. The van der Waals surface area contributed by atoms with E-state index < -0.39 is 12.1 Å². The summed E-state index contributed by atoms with van der Waals surface area (Å²) in [4.78, 5) is 11.4. The quantitative estimate of drug-likeness (QED) is 0.680. The van der Waals surface area contributed by atoms with E-state index in [1.807, 2.05) is 6.07 Å². The highest BCUT2D eigenvalue weighted by molar-refractivity contribution is 5.90. The molecule has 0 saturated carbocycles. The number of hydrogen-bond acceptors (Lipinski definition) is 4. The molecular weight excluding hydrogens is 192 g/mol. The highest BCUT2D eigenvalue weighted by Crippen LogP contribution is 2.07. The molecule has 1 rings (SSSR count). The van der Waals surface area contributed by atoms with Crippen molar-refractivity contribution in [3.8, 4) is 12.1 Å². The molecule has 0 unspecified atom stereocenters. The molecule has 0 aliphatic carbocycles. The lowest BCUT2D eigenvalue weighted by molar-refractivity contribution is 0.0435. The van der Waals surface area contributed by atoms with Crippen molar-refractivity contribution in [3.63, 3.8) is 0 Å². The smallest absolute Gasteiger partial charge is 0.339 e. The van der Waals surface area contributed by atoms with Gasteiger partial charge in [0.2, 0.25) is 0 Å². The van der Waals surface area contributed by atoms with Gasteiger partial charge in [0.05, 0.1) is 17.2 Å². The summed E-state index contributed by atoms with van der Waals surface area (Å²) < 4.78 is 4.78. The van der Waals surface area contributed by atoms with Crippen LogP contribution in [0.5, 0.6) is 0 Å². The lowest BCUT2D eigenvalue weighted by atomic mass is 10.1. The van der Waals surface area contributed by atoms with Gasteiger partial charge in [0.1, 0.15) is 6.07 Å². The minimum atomic E-state index is -0.789. The van der Waals surface area contributed by atoms with Crippen molar-refractivity contribution < 1.29 is 9.53 Å². The van der Waals surface area contributed by atoms with Gasteiger partial charge in [-0.25, -0.2) is 4.79 Å². The van der Waals surface area contributed by atoms with Gasteiger partial charge in [0.15, 0.2) is 6.10 Å². The van der Waals surface area contributed by atoms with Gasteiger partial charge in [-0.3, -0.25) is 0 Å². The van der Waals surface area contributed by atoms with E-state index >= 15 is 0 Å². The molecule has 1 atom stereocenters. The van der Waals surface area contributed by atoms with Crippen LogP contribution in [0.4, 0.5) is 0 Å². The zero-order chi connectivity index (χ0) is 11.3. The van der Waals surface area contributed by atoms with Gasteiger partial charge in [-0.15, -0.1) is 0 Å². The molecule has 0 aliphatic rings. The molecule has 0 aromatic heterocycles. The van der Waals surface area contributed by atoms with Crippen molar-refractivity contribution in [2.75, 3.05) is 0 Å². The molecular formula is C11H8N2O2. The number of rotatable bonds is 2. The van der Waals surface area contributed by atoms with E-state index in [-0.39, 0.29) is 5.56 Å². The molecule has 1 aromatic rings. The second kappa shape index (κ2) is 4.78. The third-order valence-corrected chi connectivity index (χ3v) is 1.69. The topological polar surface area (TPSA) is 73.9 Å². The van der Waals surface area contributed by atoms with Crippen molar-refractivity contribution in [1.29, 1.82) is 10.5 Å². The first-order valence-corrected chi connectivity index (χ1v) is 4.28. The predicted octanol–water partition coefficient (Wildman–Crippen LogP) is 1.63. The normalized spacial score (nSPS) is 10.9. The van der Waals surface area contributed by atoms with E-state index in [2.05, 4.69) is 0 Å². The standard InChI is InChI=1S/C11H8N2O2/c1-8(6-12)15-11(14)10-4-2-3-9(5-10)7-13/h2-5,8H,1H3/t8-/m1/s1. The third-order valence-electron chi connectivity index (χ3n) is 1.69. The summed E-state index contributed by atoms with van der Waals surface area (Å²) in [5.74, 6) is -0.596. The number of nitriles is 2. The largest absolute Gasteiger partial charge is 0.444 e. The second-order valence-corrected chi connectivity index (χ2v) is 2.87. The second-order valence-electron chi connectivity index (χ2n) is 2.87. The lowest BCUT2D eigenvalue weighted by Gasteiger charge is -2.05. The fraction of sp³-hybridized carbons (Fsp3) is 0.182. The number of carbonyl (C=O) groups is 1. The number of esters is 1. The molecule has 0 spiro atoms. The Bertz CT molecular complexity index is 454. The number of carbonyl (C=O) groups excluding carboxylic acids is 1. The van der Waals surface area contributed by atoms with Crippen molar-refractivity contribution in [2.45, 2.75) is 13.0 Å². The van der Waals surface area contributed by atoms with E-state index in [0.29, 0.717) is 5.56 Å². The monoisotopic (exact) mass is 200 g/mol. The van der Waals surface area contributed by atoms with Crippen LogP contribution in [0.2, 0.25) is 0 Å². The SMILES string of the molecule is C[C@H](C#N)OC(=O)c1cccc(C#N)c1. The van der Waals surface area contributed by atoms with Gasteiger partial charge in [-0.1, -0.05) is 6.07 Å². The first-order chi connectivity index (χ1) is 7.17. The van der Waals surface area contributed by atoms with Gasteiger partial charge < -0.3 is 4.74 Å². The van der Waals surface area contributed by atoms with Gasteiger partial charge >= 0.3 is 5.97 Å². The van der Waals surface area contributed by atoms with E-state index in [4.69, 9.17) is 15.3 Å². The zero-order valence-electron chi connectivity index (χ0n) is 8.10. The van der Waals surface area contributed by atoms with Crippen LogP contribution in [0.15, 0.2) is 24.3 Å². The van der Waals surface area contributed by atoms with Crippen LogP contribution in [0.1, 0.15) is 22.8 Å². The van der Waals surface area contributed by atoms with E-state index in [0.717, 1.165) is 0 Å². The van der Waals surface area contributed by atoms with E-state index in [1.165, 1.54) is 19.1 Å². The molecule has 4 heteroatoms. The Hall–Kier alpha value is -2.33. The average molecular weight is 200 g/mol. The fourth-order valence-corrected chi connectivity index (χ4v) is 0.971. The van der Waals surface area contributed by atoms with Crippen LogP contribution in [0.25, 0.3) is 0 Å². The maximum atomic E-state index is 11.4. The van der Waals surface area contributed by atoms with Crippen molar-refractivity contribution in [2.24, 2.45) is 0 Å². The molecule has 1 aromatic carbocycles. The summed E-state index contributed by atoms with van der Waals surface area (Å²) >= 11 is 0. The minimum absolute atomic E-state index is 0.274. The summed E-state index contributed by atoms with van der Waals surface area (Å²) in [6, 6.07) is 9.84. The Balaban J connectivity index is 2.84. The number of benzene rings is 1. The first kappa shape index (κ1) is 10.7. The Morgan fingerprint density at radius 1 is 1.47 bits per heavy atom. The van der Waals surface area contributed by atoms with Crippen molar-refractivity contribution >= 4 is 5.97 Å². The zero-order valence-corrected chi connectivity index (χ0v) is 8.10. The van der Waals surface area contributed by atoms with Gasteiger partial charge in [-0.05, 0) is 25.1 Å². The summed E-state index contributed by atoms with van der Waals surface area (Å²) in [5.41, 5.74) is 0.658. The molecule has 74 valence electrons. The van der Waals surface area contributed by atoms with Crippen LogP contribution in [-0.4, -0.2) is 12.1 Å². The summed E-state index contributed by atoms with van der Waals surface area (Å²) in [6.45, 7) is 1.48. The molecule has 0 radical (unpaired) electrons. The molecule has 15 heavy (non-hydrogen) atoms. The van der Waals surface area contributed by atoms with Crippen molar-refractivity contribution in [1.82, 2.24) is 0 Å². The molecule has 0 heterocycles. The predicted molar refractivity (Wildman–Crippen MR) is 51.6 cm³/mol. The number of hydrogen-bond donors (Lipinski definition) is 0. The van der Waals surface area contributed by atoms with Gasteiger partial charge in [-0.2, -0.15) is 10.5 Å². The Kier molecular flexibility index (Phi) is 3.43. The van der Waals surface area contributed by atoms with Crippen LogP contribution in [-0.2, 0) is 4.74 Å². The maximum absolute atomic E-state index is 11.4. The number of nitrogens with zero attached hydrogens (tertiary/aromatic N) is 2. The highest BCUT2D eigenvalue weighted by atomic mass is 16.5. The number of ether oxygens (including phenoxy) is 1. The van der Waals surface area contributed by atoms with Crippen LogP contribution in [0.3, 0.4) is 0 Å². The molecule has 0 aliphatic heterocycles. The van der Waals surface area contributed by atoms with Gasteiger partial charge in [0, 0.05) is 0 Å². The third kappa shape index (κ3) is 2.82. The van der Waals surface area contributed by atoms with Crippen LogP contribution in [0, 0.1) is 22.7 Å². The summed E-state index contributed by atoms with van der Waals surface area (Å²) in [6.07, 6.45) is -0.789.